The molecule has 0 amide bonds. The largest absolute Gasteiger partial charge is 0.461 e. The third-order valence-corrected chi connectivity index (χ3v) is 10.7. The van der Waals surface area contributed by atoms with Gasteiger partial charge in [0.2, 0.25) is 0 Å². The minimum absolute atomic E-state index is 0.0226. The summed E-state index contributed by atoms with van der Waals surface area (Å²) in [4.78, 5) is 0. The molecule has 2 heterocycles. The minimum atomic E-state index is -0.239. The molecule has 3 saturated carbocycles. The van der Waals surface area contributed by atoms with Crippen molar-refractivity contribution in [2.45, 2.75) is 138 Å². The second kappa shape index (κ2) is 10.6. The molecular formula is C29H45BCl2O3. The predicted octanol–water partition coefficient (Wildman–Crippen LogP) is 8.09. The van der Waals surface area contributed by atoms with E-state index in [9.17, 15) is 0 Å². The van der Waals surface area contributed by atoms with Crippen LogP contribution in [0, 0.1) is 17.8 Å². The summed E-state index contributed by atoms with van der Waals surface area (Å²) in [5.74, 6) is 2.08. The van der Waals surface area contributed by atoms with Crippen LogP contribution in [0.15, 0.2) is 23.8 Å². The van der Waals surface area contributed by atoms with Crippen LogP contribution < -0.4 is 0 Å². The first-order valence-corrected chi connectivity index (χ1v) is 15.2. The Kier molecular flexibility index (Phi) is 8.09. The summed E-state index contributed by atoms with van der Waals surface area (Å²) in [5.41, 5.74) is 0.912. The normalized spacial score (nSPS) is 42.2. The van der Waals surface area contributed by atoms with Crippen LogP contribution in [-0.2, 0) is 14.0 Å². The monoisotopic (exact) mass is 522 g/mol. The summed E-state index contributed by atoms with van der Waals surface area (Å²) in [7, 11) is -0.0645. The summed E-state index contributed by atoms with van der Waals surface area (Å²) >= 11 is 13.3. The second-order valence-electron chi connectivity index (χ2n) is 13.0. The minimum Gasteiger partial charge on any atom is -0.403 e. The number of allylic oxidation sites excluding steroid dienone is 1. The lowest BCUT2D eigenvalue weighted by atomic mass is 9.62. The van der Waals surface area contributed by atoms with Crippen LogP contribution in [0.5, 0.6) is 0 Å². The maximum atomic E-state index is 6.82. The molecule has 0 bridgehead atoms. The summed E-state index contributed by atoms with van der Waals surface area (Å²) in [6, 6.07) is 0. The van der Waals surface area contributed by atoms with Gasteiger partial charge in [-0.2, -0.15) is 0 Å². The number of rotatable bonds is 4. The van der Waals surface area contributed by atoms with Crippen LogP contribution in [-0.4, -0.2) is 41.3 Å². The predicted molar refractivity (Wildman–Crippen MR) is 146 cm³/mol. The smallest absolute Gasteiger partial charge is 0.403 e. The SMILES string of the molecule is CC1(C)OB(C2CCC(/C=C/C3=CC4CC(Cl)CC(Cl)C4OC3C3CCCCC3)CC2)OC1(C)C. The molecule has 5 unspecified atom stereocenters. The first-order valence-electron chi connectivity index (χ1n) is 14.3. The van der Waals surface area contributed by atoms with E-state index in [4.69, 9.17) is 37.2 Å². The van der Waals surface area contributed by atoms with E-state index in [1.807, 2.05) is 0 Å². The summed E-state index contributed by atoms with van der Waals surface area (Å²) in [6.07, 6.45) is 20.8. The molecule has 5 aliphatic rings. The molecule has 1 saturated heterocycles. The fourth-order valence-electron chi connectivity index (χ4n) is 7.02. The maximum Gasteiger partial charge on any atom is 0.461 e. The third kappa shape index (κ3) is 5.72. The van der Waals surface area contributed by atoms with Crippen LogP contribution >= 0.6 is 23.2 Å². The van der Waals surface area contributed by atoms with Crippen LogP contribution in [0.25, 0.3) is 0 Å². The van der Waals surface area contributed by atoms with Crippen LogP contribution in [0.3, 0.4) is 0 Å². The van der Waals surface area contributed by atoms with Gasteiger partial charge in [0.25, 0.3) is 0 Å². The van der Waals surface area contributed by atoms with E-state index in [0.29, 0.717) is 23.6 Å². The molecule has 0 aromatic carbocycles. The van der Waals surface area contributed by atoms with Gasteiger partial charge in [-0.25, -0.2) is 0 Å². The standard InChI is InChI=1S/C29H45BCl2O3/c1-28(2)29(3,4)35-30(34-28)23-14-11-19(12-15-23)10-13-21-16-22-17-24(31)18-25(32)27(22)33-26(21)20-8-6-5-7-9-20/h10,13,16,19-20,22-27H,5-9,11-12,14-15,17-18H2,1-4H3/b13-10+. The lowest BCUT2D eigenvalue weighted by molar-refractivity contribution is -0.0692. The van der Waals surface area contributed by atoms with Gasteiger partial charge >= 0.3 is 7.12 Å². The molecule has 4 fully saturated rings. The highest BCUT2D eigenvalue weighted by molar-refractivity contribution is 6.47. The van der Waals surface area contributed by atoms with Gasteiger partial charge in [-0.3, -0.25) is 0 Å². The molecule has 5 atom stereocenters. The van der Waals surface area contributed by atoms with Gasteiger partial charge < -0.3 is 14.0 Å². The van der Waals surface area contributed by atoms with Crippen molar-refractivity contribution in [3.8, 4) is 0 Å². The number of alkyl halides is 2. The fourth-order valence-corrected chi connectivity index (χ4v) is 7.97. The topological polar surface area (TPSA) is 27.7 Å². The van der Waals surface area contributed by atoms with E-state index in [1.165, 1.54) is 63.4 Å². The Hall–Kier alpha value is 0.00494. The number of fused-ring (bicyclic) bond motifs is 1. The van der Waals surface area contributed by atoms with E-state index in [2.05, 4.69) is 45.9 Å². The highest BCUT2D eigenvalue weighted by Crippen LogP contribution is 2.46. The zero-order valence-corrected chi connectivity index (χ0v) is 23.7. The first kappa shape index (κ1) is 26.6. The van der Waals surface area contributed by atoms with Crippen LogP contribution in [0.2, 0.25) is 5.82 Å². The van der Waals surface area contributed by atoms with Crippen molar-refractivity contribution in [2.75, 3.05) is 0 Å². The molecule has 3 nitrogen and oxygen atoms in total. The van der Waals surface area contributed by atoms with Crippen molar-refractivity contribution in [1.82, 2.24) is 0 Å². The Morgan fingerprint density at radius 2 is 1.54 bits per heavy atom. The van der Waals surface area contributed by atoms with Crippen molar-refractivity contribution in [3.05, 3.63) is 23.8 Å². The molecule has 0 aromatic heterocycles. The van der Waals surface area contributed by atoms with E-state index < -0.39 is 0 Å². The van der Waals surface area contributed by atoms with Crippen molar-refractivity contribution in [3.63, 3.8) is 0 Å². The third-order valence-electron chi connectivity index (χ3n) is 9.94. The second-order valence-corrected chi connectivity index (χ2v) is 14.2. The molecule has 2 aliphatic heterocycles. The van der Waals surface area contributed by atoms with Gasteiger partial charge in [0, 0.05) is 11.3 Å². The Morgan fingerprint density at radius 1 is 0.886 bits per heavy atom. The van der Waals surface area contributed by atoms with Gasteiger partial charge in [0.15, 0.2) is 0 Å². The van der Waals surface area contributed by atoms with E-state index in [0.717, 1.165) is 12.8 Å². The first-order chi connectivity index (χ1) is 16.6. The van der Waals surface area contributed by atoms with E-state index >= 15 is 0 Å². The molecule has 3 aliphatic carbocycles. The van der Waals surface area contributed by atoms with Crippen LogP contribution in [0.1, 0.15) is 98.3 Å². The number of hydrogen-bond acceptors (Lipinski definition) is 3. The fraction of sp³-hybridized carbons (Fsp3) is 0.862. The highest BCUT2D eigenvalue weighted by atomic mass is 35.5. The van der Waals surface area contributed by atoms with Crippen molar-refractivity contribution in [2.24, 2.45) is 17.8 Å². The van der Waals surface area contributed by atoms with Crippen LogP contribution in [0.4, 0.5) is 0 Å². The Balaban J connectivity index is 1.24. The van der Waals surface area contributed by atoms with Gasteiger partial charge in [-0.1, -0.05) is 50.3 Å². The number of hydrogen-bond donors (Lipinski definition) is 0. The summed E-state index contributed by atoms with van der Waals surface area (Å²) in [5, 5.41) is 0.176. The molecule has 0 spiro atoms. The molecule has 0 radical (unpaired) electrons. The number of ether oxygens (including phenoxy) is 1. The van der Waals surface area contributed by atoms with Gasteiger partial charge in [0.1, 0.15) is 0 Å². The van der Waals surface area contributed by atoms with E-state index in [1.54, 1.807) is 0 Å². The lowest BCUT2D eigenvalue weighted by Gasteiger charge is -2.45. The summed E-state index contributed by atoms with van der Waals surface area (Å²) in [6.45, 7) is 8.61. The maximum absolute atomic E-state index is 6.82. The molecule has 6 heteroatoms. The Morgan fingerprint density at radius 3 is 2.20 bits per heavy atom. The highest BCUT2D eigenvalue weighted by Gasteiger charge is 2.53. The van der Waals surface area contributed by atoms with Crippen molar-refractivity contribution >= 4 is 30.3 Å². The molecule has 0 N–H and O–H groups in total. The Bertz CT molecular complexity index is 782. The molecule has 5 rings (SSSR count). The summed E-state index contributed by atoms with van der Waals surface area (Å²) < 4.78 is 19.5. The zero-order valence-electron chi connectivity index (χ0n) is 22.2. The molecule has 35 heavy (non-hydrogen) atoms. The van der Waals surface area contributed by atoms with Crippen molar-refractivity contribution < 1.29 is 14.0 Å². The quantitative estimate of drug-likeness (QED) is 0.275. The average Bonchev–Trinajstić information content (AvgIpc) is 3.04. The average molecular weight is 523 g/mol. The van der Waals surface area contributed by atoms with Gasteiger partial charge in [-0.15, -0.1) is 23.2 Å². The molecule has 0 aromatic rings. The zero-order chi connectivity index (χ0) is 24.8. The van der Waals surface area contributed by atoms with Crippen molar-refractivity contribution in [1.29, 1.82) is 0 Å². The van der Waals surface area contributed by atoms with E-state index in [-0.39, 0.29) is 41.3 Å². The van der Waals surface area contributed by atoms with Gasteiger partial charge in [0.05, 0.1) is 28.8 Å². The molecular weight excluding hydrogens is 478 g/mol. The number of halogens is 2. The lowest BCUT2D eigenvalue weighted by Crippen LogP contribution is -2.47. The van der Waals surface area contributed by atoms with Gasteiger partial charge in [-0.05, 0) is 89.4 Å². The Labute approximate surface area is 223 Å². The molecule has 196 valence electrons.